The van der Waals surface area contributed by atoms with E-state index in [9.17, 15) is 21.6 Å². The predicted octanol–water partition coefficient (Wildman–Crippen LogP) is 2.59. The van der Waals surface area contributed by atoms with Gasteiger partial charge in [0, 0.05) is 32.7 Å². The third-order valence-corrected chi connectivity index (χ3v) is 10.6. The number of piperidine rings is 2. The average molecular weight is 536 g/mol. The fourth-order valence-electron chi connectivity index (χ4n) is 4.64. The molecular formula is C25H33N3O6S2. The number of carbonyl (C=O) groups is 1. The van der Waals surface area contributed by atoms with Crippen LogP contribution in [-0.4, -0.2) is 64.6 Å². The number of benzene rings is 2. The van der Waals surface area contributed by atoms with Gasteiger partial charge in [-0.15, -0.1) is 0 Å². The smallest absolute Gasteiger partial charge is 0.243 e. The molecule has 0 saturated carbocycles. The number of nitrogens with one attached hydrogen (secondary N) is 1. The number of amides is 1. The monoisotopic (exact) mass is 535 g/mol. The first-order chi connectivity index (χ1) is 17.2. The van der Waals surface area contributed by atoms with E-state index in [0.29, 0.717) is 38.2 Å². The van der Waals surface area contributed by atoms with Gasteiger partial charge in [0.1, 0.15) is 5.75 Å². The fraction of sp³-hybridized carbons (Fsp3) is 0.480. The number of ether oxygens (including phenoxy) is 1. The van der Waals surface area contributed by atoms with E-state index in [1.54, 1.807) is 36.4 Å². The Bertz CT molecular complexity index is 1260. The Kier molecular flexibility index (Phi) is 8.34. The summed E-state index contributed by atoms with van der Waals surface area (Å²) in [6.07, 6.45) is 4.01. The molecule has 1 atom stereocenters. The molecule has 0 aliphatic carbocycles. The second-order valence-corrected chi connectivity index (χ2v) is 13.1. The molecular weight excluding hydrogens is 502 g/mol. The van der Waals surface area contributed by atoms with Gasteiger partial charge in [0.15, 0.2) is 0 Å². The van der Waals surface area contributed by atoms with Crippen molar-refractivity contribution in [2.75, 3.05) is 33.3 Å². The first kappa shape index (κ1) is 26.6. The molecule has 2 aliphatic rings. The number of rotatable bonds is 8. The molecule has 196 valence electrons. The van der Waals surface area contributed by atoms with Crippen molar-refractivity contribution < 1.29 is 26.4 Å². The summed E-state index contributed by atoms with van der Waals surface area (Å²) in [7, 11) is -5.69. The molecule has 4 rings (SSSR count). The predicted molar refractivity (Wildman–Crippen MR) is 135 cm³/mol. The Balaban J connectivity index is 1.34. The van der Waals surface area contributed by atoms with Gasteiger partial charge >= 0.3 is 0 Å². The van der Waals surface area contributed by atoms with Crippen molar-refractivity contribution in [2.45, 2.75) is 48.4 Å². The molecule has 0 radical (unpaired) electrons. The normalized spacial score (nSPS) is 20.1. The summed E-state index contributed by atoms with van der Waals surface area (Å²) in [6.45, 7) is 1.82. The summed E-state index contributed by atoms with van der Waals surface area (Å²) in [5.41, 5.74) is 0.777. The van der Waals surface area contributed by atoms with Crippen LogP contribution in [0, 0.1) is 5.92 Å². The summed E-state index contributed by atoms with van der Waals surface area (Å²) in [5, 5.41) is 2.88. The highest BCUT2D eigenvalue weighted by atomic mass is 32.2. The van der Waals surface area contributed by atoms with Crippen LogP contribution in [0.4, 0.5) is 0 Å². The first-order valence-electron chi connectivity index (χ1n) is 12.2. The van der Waals surface area contributed by atoms with Crippen molar-refractivity contribution in [1.29, 1.82) is 0 Å². The van der Waals surface area contributed by atoms with Gasteiger partial charge in [0.05, 0.1) is 22.8 Å². The quantitative estimate of drug-likeness (QED) is 0.556. The zero-order valence-corrected chi connectivity index (χ0v) is 22.1. The van der Waals surface area contributed by atoms with Crippen molar-refractivity contribution in [3.05, 3.63) is 54.1 Å². The Labute approximate surface area is 213 Å². The largest absolute Gasteiger partial charge is 0.497 e. The SMILES string of the molecule is COc1ccc(S(=O)(=O)N2CCCC(C(=O)NCc3ccc(S(=O)(=O)N4CCCCC4)cc3)C2)cc1. The number of hydrogen-bond acceptors (Lipinski definition) is 6. The molecule has 1 amide bonds. The first-order valence-corrected chi connectivity index (χ1v) is 15.1. The minimum atomic E-state index is -3.71. The van der Waals surface area contributed by atoms with E-state index in [1.807, 2.05) is 0 Å². The van der Waals surface area contributed by atoms with Crippen LogP contribution in [-0.2, 0) is 31.4 Å². The van der Waals surface area contributed by atoms with Crippen LogP contribution in [0.25, 0.3) is 0 Å². The second kappa shape index (κ2) is 11.3. The van der Waals surface area contributed by atoms with Crippen molar-refractivity contribution in [3.8, 4) is 5.75 Å². The Hall–Kier alpha value is -2.47. The number of methoxy groups -OCH3 is 1. The Morgan fingerprint density at radius 2 is 1.39 bits per heavy atom. The summed E-state index contributed by atoms with van der Waals surface area (Å²) in [4.78, 5) is 13.3. The molecule has 1 unspecified atom stereocenters. The van der Waals surface area contributed by atoms with Crippen LogP contribution in [0.1, 0.15) is 37.7 Å². The van der Waals surface area contributed by atoms with E-state index in [4.69, 9.17) is 4.74 Å². The third-order valence-electron chi connectivity index (χ3n) is 6.80. The number of hydrogen-bond donors (Lipinski definition) is 1. The minimum Gasteiger partial charge on any atom is -0.497 e. The van der Waals surface area contributed by atoms with Crippen molar-refractivity contribution >= 4 is 26.0 Å². The molecule has 2 aromatic rings. The summed E-state index contributed by atoms with van der Waals surface area (Å²) in [5.74, 6) is -0.0952. The van der Waals surface area contributed by atoms with Gasteiger partial charge in [-0.3, -0.25) is 4.79 Å². The maximum absolute atomic E-state index is 13.1. The summed E-state index contributed by atoms with van der Waals surface area (Å²) < 4.78 is 59.7. The van der Waals surface area contributed by atoms with E-state index in [-0.39, 0.29) is 28.8 Å². The molecule has 0 bridgehead atoms. The van der Waals surface area contributed by atoms with E-state index in [0.717, 1.165) is 24.8 Å². The molecule has 1 N–H and O–H groups in total. The highest BCUT2D eigenvalue weighted by Gasteiger charge is 2.33. The van der Waals surface area contributed by atoms with Gasteiger partial charge in [0.25, 0.3) is 0 Å². The number of sulfonamides is 2. The lowest BCUT2D eigenvalue weighted by atomic mass is 9.99. The lowest BCUT2D eigenvalue weighted by Crippen LogP contribution is -2.45. The van der Waals surface area contributed by atoms with E-state index in [2.05, 4.69) is 5.32 Å². The van der Waals surface area contributed by atoms with Gasteiger partial charge in [-0.25, -0.2) is 16.8 Å². The Morgan fingerprint density at radius 1 is 0.833 bits per heavy atom. The topological polar surface area (TPSA) is 113 Å². The average Bonchev–Trinajstić information content (AvgIpc) is 2.92. The number of nitrogens with zero attached hydrogens (tertiary/aromatic N) is 2. The van der Waals surface area contributed by atoms with Crippen LogP contribution >= 0.6 is 0 Å². The molecule has 2 fully saturated rings. The zero-order chi connectivity index (χ0) is 25.8. The highest BCUT2D eigenvalue weighted by molar-refractivity contribution is 7.89. The zero-order valence-electron chi connectivity index (χ0n) is 20.4. The maximum Gasteiger partial charge on any atom is 0.243 e. The van der Waals surface area contributed by atoms with E-state index >= 15 is 0 Å². The van der Waals surface area contributed by atoms with Crippen LogP contribution in [0.3, 0.4) is 0 Å². The molecule has 11 heteroatoms. The summed E-state index contributed by atoms with van der Waals surface area (Å²) >= 11 is 0. The van der Waals surface area contributed by atoms with Crippen molar-refractivity contribution in [3.63, 3.8) is 0 Å². The molecule has 0 spiro atoms. The van der Waals surface area contributed by atoms with Crippen LogP contribution in [0.2, 0.25) is 0 Å². The van der Waals surface area contributed by atoms with E-state index < -0.39 is 26.0 Å². The van der Waals surface area contributed by atoms with Gasteiger partial charge in [-0.2, -0.15) is 8.61 Å². The van der Waals surface area contributed by atoms with Crippen molar-refractivity contribution in [2.24, 2.45) is 5.92 Å². The molecule has 2 aliphatic heterocycles. The molecule has 2 saturated heterocycles. The van der Waals surface area contributed by atoms with Gasteiger partial charge in [-0.05, 0) is 67.6 Å². The molecule has 0 aromatic heterocycles. The molecule has 2 aromatic carbocycles. The van der Waals surface area contributed by atoms with Crippen LogP contribution < -0.4 is 10.1 Å². The van der Waals surface area contributed by atoms with Gasteiger partial charge in [0.2, 0.25) is 26.0 Å². The maximum atomic E-state index is 13.1. The minimum absolute atomic E-state index is 0.118. The molecule has 2 heterocycles. The van der Waals surface area contributed by atoms with Gasteiger partial charge < -0.3 is 10.1 Å². The van der Waals surface area contributed by atoms with Crippen molar-refractivity contribution in [1.82, 2.24) is 13.9 Å². The summed E-state index contributed by atoms with van der Waals surface area (Å²) in [6, 6.07) is 12.8. The molecule has 36 heavy (non-hydrogen) atoms. The standard InChI is InChI=1S/C25H33N3O6S2/c1-34-22-9-13-24(14-10-22)36(32,33)28-17-5-6-21(19-28)25(29)26-18-20-7-11-23(12-8-20)35(30,31)27-15-3-2-4-16-27/h7-14,21H,2-6,15-19H2,1H3,(H,26,29). The van der Waals surface area contributed by atoms with E-state index in [1.165, 1.54) is 27.9 Å². The highest BCUT2D eigenvalue weighted by Crippen LogP contribution is 2.26. The Morgan fingerprint density at radius 3 is 2.00 bits per heavy atom. The molecule has 9 nitrogen and oxygen atoms in total. The lowest BCUT2D eigenvalue weighted by Gasteiger charge is -2.31. The lowest BCUT2D eigenvalue weighted by molar-refractivity contribution is -0.126. The van der Waals surface area contributed by atoms with Crippen LogP contribution in [0.5, 0.6) is 5.75 Å². The number of carbonyl (C=O) groups excluding carboxylic acids is 1. The van der Waals surface area contributed by atoms with Gasteiger partial charge in [-0.1, -0.05) is 18.6 Å². The van der Waals surface area contributed by atoms with Crippen LogP contribution in [0.15, 0.2) is 58.3 Å². The fourth-order valence-corrected chi connectivity index (χ4v) is 7.68. The third kappa shape index (κ3) is 5.91. The second-order valence-electron chi connectivity index (χ2n) is 9.20.